The van der Waals surface area contributed by atoms with Crippen molar-refractivity contribution in [1.29, 1.82) is 0 Å². The van der Waals surface area contributed by atoms with Gasteiger partial charge in [-0.3, -0.25) is 4.79 Å². The molecule has 1 N–H and O–H groups in total. The van der Waals surface area contributed by atoms with Gasteiger partial charge >= 0.3 is 6.09 Å². The maximum Gasteiger partial charge on any atom is 0.408 e. The molecule has 2 aromatic rings. The summed E-state index contributed by atoms with van der Waals surface area (Å²) in [5, 5.41) is 2.53. The monoisotopic (exact) mass is 392 g/mol. The Morgan fingerprint density at radius 1 is 1.00 bits per heavy atom. The smallest absolute Gasteiger partial charge is 0.408 e. The Hall–Kier alpha value is -3.08. The third-order valence-corrected chi connectivity index (χ3v) is 4.69. The second-order valence-electron chi connectivity index (χ2n) is 8.12. The van der Waals surface area contributed by atoms with Gasteiger partial charge in [-0.15, -0.1) is 0 Å². The molecule has 2 amide bonds. The summed E-state index contributed by atoms with van der Waals surface area (Å²) in [5.41, 5.74) is 4.22. The van der Waals surface area contributed by atoms with Gasteiger partial charge in [0.2, 0.25) is 5.91 Å². The van der Waals surface area contributed by atoms with Gasteiger partial charge < -0.3 is 15.0 Å². The molecule has 0 saturated heterocycles. The highest BCUT2D eigenvalue weighted by Gasteiger charge is 2.20. The molecule has 0 aliphatic carbocycles. The Labute approximate surface area is 172 Å². The third-order valence-electron chi connectivity index (χ3n) is 4.69. The zero-order valence-electron chi connectivity index (χ0n) is 17.3. The second kappa shape index (κ2) is 8.95. The lowest BCUT2D eigenvalue weighted by molar-refractivity contribution is -0.129. The first-order chi connectivity index (χ1) is 13.8. The molecule has 1 heterocycles. The number of hydrogen-bond donors (Lipinski definition) is 1. The van der Waals surface area contributed by atoms with Gasteiger partial charge in [0.15, 0.2) is 0 Å². The first-order valence-electron chi connectivity index (χ1n) is 9.91. The maximum atomic E-state index is 12.4. The minimum Gasteiger partial charge on any atom is -0.444 e. The molecule has 2 aromatic carbocycles. The number of benzene rings is 2. The number of amides is 2. The topological polar surface area (TPSA) is 58.6 Å². The lowest BCUT2D eigenvalue weighted by Crippen LogP contribution is -2.43. The van der Waals surface area contributed by atoms with Gasteiger partial charge in [-0.1, -0.05) is 54.6 Å². The van der Waals surface area contributed by atoms with Gasteiger partial charge in [-0.2, -0.15) is 0 Å². The fourth-order valence-corrected chi connectivity index (χ4v) is 3.26. The summed E-state index contributed by atoms with van der Waals surface area (Å²) in [6.07, 6.45) is 2.31. The van der Waals surface area contributed by atoms with Gasteiger partial charge in [0.25, 0.3) is 0 Å². The van der Waals surface area contributed by atoms with E-state index in [1.807, 2.05) is 18.2 Å². The number of nitrogens with one attached hydrogen (secondary N) is 1. The molecule has 0 spiro atoms. The predicted molar refractivity (Wildman–Crippen MR) is 115 cm³/mol. The highest BCUT2D eigenvalue weighted by atomic mass is 16.6. The van der Waals surface area contributed by atoms with E-state index >= 15 is 0 Å². The van der Waals surface area contributed by atoms with Crippen molar-refractivity contribution in [3.8, 4) is 11.1 Å². The summed E-state index contributed by atoms with van der Waals surface area (Å²) in [4.78, 5) is 25.8. The lowest BCUT2D eigenvalue weighted by atomic mass is 9.95. The van der Waals surface area contributed by atoms with Crippen LogP contribution in [0.15, 0.2) is 60.7 Å². The molecular formula is C24H28N2O3. The number of ether oxygens (including phenoxy) is 1. The SMILES string of the molecule is CC(C)(C)OC(=O)NCC(=O)N1CC=C(c2cccc(-c3ccccc3)c2)CC1. The van der Waals surface area contributed by atoms with Crippen LogP contribution in [-0.2, 0) is 9.53 Å². The molecule has 5 nitrogen and oxygen atoms in total. The summed E-state index contributed by atoms with van der Waals surface area (Å²) in [6.45, 7) is 6.49. The zero-order valence-corrected chi connectivity index (χ0v) is 17.3. The van der Waals surface area contributed by atoms with Crippen LogP contribution in [0.1, 0.15) is 32.8 Å². The quantitative estimate of drug-likeness (QED) is 0.834. The van der Waals surface area contributed by atoms with E-state index in [1.54, 1.807) is 25.7 Å². The van der Waals surface area contributed by atoms with Gasteiger partial charge in [0, 0.05) is 13.1 Å². The lowest BCUT2D eigenvalue weighted by Gasteiger charge is -2.27. The predicted octanol–water partition coefficient (Wildman–Crippen LogP) is 4.49. The van der Waals surface area contributed by atoms with Gasteiger partial charge in [0.1, 0.15) is 12.1 Å². The third kappa shape index (κ3) is 5.95. The molecule has 0 fully saturated rings. The standard InChI is InChI=1S/C24H28N2O3/c1-24(2,3)29-23(28)25-17-22(27)26-14-12-19(13-15-26)21-11-7-10-20(16-21)18-8-5-4-6-9-18/h4-12,16H,13-15,17H2,1-3H3,(H,25,28). The fourth-order valence-electron chi connectivity index (χ4n) is 3.26. The summed E-state index contributed by atoms with van der Waals surface area (Å²) < 4.78 is 5.17. The molecule has 0 aromatic heterocycles. The summed E-state index contributed by atoms with van der Waals surface area (Å²) in [5.74, 6) is -0.107. The van der Waals surface area contributed by atoms with E-state index in [4.69, 9.17) is 4.74 Å². The van der Waals surface area contributed by atoms with E-state index < -0.39 is 11.7 Å². The highest BCUT2D eigenvalue weighted by molar-refractivity contribution is 5.83. The Bertz CT molecular complexity index is 898. The molecule has 0 unspecified atom stereocenters. The molecular weight excluding hydrogens is 364 g/mol. The first kappa shape index (κ1) is 20.6. The zero-order chi connectivity index (χ0) is 20.9. The van der Waals surface area contributed by atoms with Crippen molar-refractivity contribution in [3.05, 3.63) is 66.2 Å². The van der Waals surface area contributed by atoms with Crippen molar-refractivity contribution in [2.45, 2.75) is 32.8 Å². The Morgan fingerprint density at radius 2 is 1.69 bits per heavy atom. The van der Waals surface area contributed by atoms with Crippen LogP contribution in [0, 0.1) is 0 Å². The summed E-state index contributed by atoms with van der Waals surface area (Å²) in [6, 6.07) is 18.8. The van der Waals surface area contributed by atoms with Crippen LogP contribution >= 0.6 is 0 Å². The van der Waals surface area contributed by atoms with E-state index in [0.29, 0.717) is 13.1 Å². The average molecular weight is 392 g/mol. The molecule has 5 heteroatoms. The van der Waals surface area contributed by atoms with Crippen LogP contribution in [0.4, 0.5) is 4.79 Å². The molecule has 29 heavy (non-hydrogen) atoms. The first-order valence-corrected chi connectivity index (χ1v) is 9.91. The van der Waals surface area contributed by atoms with E-state index in [-0.39, 0.29) is 12.5 Å². The van der Waals surface area contributed by atoms with E-state index in [9.17, 15) is 9.59 Å². The average Bonchev–Trinajstić information content (AvgIpc) is 2.72. The molecule has 0 bridgehead atoms. The highest BCUT2D eigenvalue weighted by Crippen LogP contribution is 2.27. The molecule has 0 atom stereocenters. The van der Waals surface area contributed by atoms with Crippen molar-refractivity contribution in [3.63, 3.8) is 0 Å². The number of rotatable bonds is 4. The summed E-state index contributed by atoms with van der Waals surface area (Å²) >= 11 is 0. The van der Waals surface area contributed by atoms with Crippen molar-refractivity contribution in [1.82, 2.24) is 10.2 Å². The van der Waals surface area contributed by atoms with E-state index in [1.165, 1.54) is 22.3 Å². The number of carbonyl (C=O) groups excluding carboxylic acids is 2. The molecule has 1 aliphatic rings. The molecule has 3 rings (SSSR count). The molecule has 0 saturated carbocycles. The van der Waals surface area contributed by atoms with Crippen LogP contribution in [0.2, 0.25) is 0 Å². The van der Waals surface area contributed by atoms with Crippen LogP contribution in [-0.4, -0.2) is 42.1 Å². The van der Waals surface area contributed by atoms with Crippen molar-refractivity contribution >= 4 is 17.6 Å². The number of hydrogen-bond acceptors (Lipinski definition) is 3. The minimum atomic E-state index is -0.579. The fraction of sp³-hybridized carbons (Fsp3) is 0.333. The van der Waals surface area contributed by atoms with Crippen molar-refractivity contribution < 1.29 is 14.3 Å². The Balaban J connectivity index is 1.58. The van der Waals surface area contributed by atoms with Crippen LogP contribution in [0.5, 0.6) is 0 Å². The van der Waals surface area contributed by atoms with Crippen LogP contribution in [0.25, 0.3) is 16.7 Å². The van der Waals surface area contributed by atoms with E-state index in [0.717, 1.165) is 6.42 Å². The number of nitrogens with zero attached hydrogens (tertiary/aromatic N) is 1. The molecule has 1 aliphatic heterocycles. The largest absolute Gasteiger partial charge is 0.444 e. The minimum absolute atomic E-state index is 0.0540. The second-order valence-corrected chi connectivity index (χ2v) is 8.12. The van der Waals surface area contributed by atoms with Gasteiger partial charge in [-0.05, 0) is 55.5 Å². The van der Waals surface area contributed by atoms with Crippen molar-refractivity contribution in [2.75, 3.05) is 19.6 Å². The maximum absolute atomic E-state index is 12.4. The van der Waals surface area contributed by atoms with Gasteiger partial charge in [0.05, 0.1) is 0 Å². The van der Waals surface area contributed by atoms with Crippen LogP contribution < -0.4 is 5.32 Å². The normalized spacial score (nSPS) is 14.2. The number of carbonyl (C=O) groups is 2. The molecule has 0 radical (unpaired) electrons. The summed E-state index contributed by atoms with van der Waals surface area (Å²) in [7, 11) is 0. The number of alkyl carbamates (subject to hydrolysis) is 1. The van der Waals surface area contributed by atoms with Crippen molar-refractivity contribution in [2.24, 2.45) is 0 Å². The molecule has 152 valence electrons. The van der Waals surface area contributed by atoms with E-state index in [2.05, 4.69) is 47.8 Å². The van der Waals surface area contributed by atoms with Crippen LogP contribution in [0.3, 0.4) is 0 Å². The van der Waals surface area contributed by atoms with Gasteiger partial charge in [-0.25, -0.2) is 4.79 Å². The Morgan fingerprint density at radius 3 is 2.34 bits per heavy atom. The Kier molecular flexibility index (Phi) is 6.37.